The molecule has 2 atom stereocenters. The highest BCUT2D eigenvalue weighted by molar-refractivity contribution is 7.10. The molecule has 0 aliphatic carbocycles. The van der Waals surface area contributed by atoms with Crippen molar-refractivity contribution in [3.8, 4) is 0 Å². The highest BCUT2D eigenvalue weighted by Crippen LogP contribution is 2.43. The van der Waals surface area contributed by atoms with Crippen molar-refractivity contribution in [2.75, 3.05) is 13.1 Å². The Bertz CT molecular complexity index is 768. The van der Waals surface area contributed by atoms with Crippen molar-refractivity contribution in [1.29, 1.82) is 0 Å². The van der Waals surface area contributed by atoms with Crippen LogP contribution in [0.4, 0.5) is 0 Å². The molecule has 0 bridgehead atoms. The fourth-order valence-corrected chi connectivity index (χ4v) is 4.58. The number of rotatable bonds is 2. The summed E-state index contributed by atoms with van der Waals surface area (Å²) >= 11 is 1.53. The lowest BCUT2D eigenvalue weighted by Gasteiger charge is -2.39. The number of benzene rings is 1. The third-order valence-electron chi connectivity index (χ3n) is 4.89. The van der Waals surface area contributed by atoms with Gasteiger partial charge in [-0.05, 0) is 35.9 Å². The summed E-state index contributed by atoms with van der Waals surface area (Å²) in [5.41, 5.74) is 1.32. The maximum atomic E-state index is 13.3. The largest absolute Gasteiger partial charge is 0.342 e. The van der Waals surface area contributed by atoms with Crippen molar-refractivity contribution in [1.82, 2.24) is 9.91 Å². The van der Waals surface area contributed by atoms with Gasteiger partial charge < -0.3 is 4.90 Å². The maximum Gasteiger partial charge on any atom is 0.268 e. The van der Waals surface area contributed by atoms with Crippen molar-refractivity contribution in [3.63, 3.8) is 0 Å². The van der Waals surface area contributed by atoms with E-state index in [1.165, 1.54) is 16.3 Å². The van der Waals surface area contributed by atoms with E-state index in [9.17, 15) is 9.59 Å². The zero-order valence-electron chi connectivity index (χ0n) is 13.2. The monoisotopic (exact) mass is 341 g/mol. The van der Waals surface area contributed by atoms with E-state index in [4.69, 9.17) is 5.84 Å². The Hall–Kier alpha value is -2.18. The number of nitrogens with two attached hydrogens (primary N) is 1. The third kappa shape index (κ3) is 2.34. The number of nitrogens with zero attached hydrogens (tertiary/aromatic N) is 2. The van der Waals surface area contributed by atoms with Crippen molar-refractivity contribution >= 4 is 23.2 Å². The number of carbonyl (C=O) groups is 2. The Labute approximate surface area is 144 Å². The highest BCUT2D eigenvalue weighted by Gasteiger charge is 2.45. The first-order chi connectivity index (χ1) is 11.7. The van der Waals surface area contributed by atoms with Gasteiger partial charge in [0.1, 0.15) is 0 Å². The third-order valence-corrected chi connectivity index (χ3v) is 5.84. The summed E-state index contributed by atoms with van der Waals surface area (Å²) < 4.78 is 0. The Morgan fingerprint density at radius 3 is 2.58 bits per heavy atom. The number of thiophene rings is 1. The molecule has 6 heteroatoms. The van der Waals surface area contributed by atoms with Gasteiger partial charge in [0.05, 0.1) is 12.0 Å². The zero-order valence-corrected chi connectivity index (χ0v) is 14.0. The van der Waals surface area contributed by atoms with E-state index in [0.29, 0.717) is 5.56 Å². The van der Waals surface area contributed by atoms with Gasteiger partial charge in [-0.3, -0.25) is 14.6 Å². The standard InChI is InChI=1S/C18H19N3O2S/c19-21-16(14-8-5-11-24-14)15(18(23)20-9-3-4-10-20)12-6-1-2-7-13(12)17(21)22/h1-2,5-8,11,15-16H,3-4,9-10,19H2/t15-,16+/m1/s1. The van der Waals surface area contributed by atoms with Crippen LogP contribution in [0.15, 0.2) is 41.8 Å². The second kappa shape index (κ2) is 6.03. The SMILES string of the molecule is NN1C(=O)c2ccccc2[C@@H](C(=O)N2CCCC2)[C@@H]1c1cccs1. The summed E-state index contributed by atoms with van der Waals surface area (Å²) in [5, 5.41) is 3.19. The van der Waals surface area contributed by atoms with Gasteiger partial charge in [0.15, 0.2) is 0 Å². The molecule has 0 spiro atoms. The average molecular weight is 341 g/mol. The van der Waals surface area contributed by atoms with Crippen LogP contribution in [0.1, 0.15) is 45.6 Å². The fraction of sp³-hybridized carbons (Fsp3) is 0.333. The molecular weight excluding hydrogens is 322 g/mol. The van der Waals surface area contributed by atoms with Gasteiger partial charge in [0.2, 0.25) is 5.91 Å². The fourth-order valence-electron chi connectivity index (χ4n) is 3.72. The summed E-state index contributed by atoms with van der Waals surface area (Å²) in [6.45, 7) is 1.57. The van der Waals surface area contributed by atoms with E-state index in [2.05, 4.69) is 0 Å². The molecule has 124 valence electrons. The predicted molar refractivity (Wildman–Crippen MR) is 92.4 cm³/mol. The molecule has 0 saturated carbocycles. The molecule has 2 aliphatic rings. The first kappa shape index (κ1) is 15.4. The molecule has 3 heterocycles. The summed E-state index contributed by atoms with van der Waals surface area (Å²) in [7, 11) is 0. The smallest absolute Gasteiger partial charge is 0.268 e. The Morgan fingerprint density at radius 1 is 1.12 bits per heavy atom. The van der Waals surface area contributed by atoms with E-state index < -0.39 is 12.0 Å². The molecule has 1 aromatic carbocycles. The van der Waals surface area contributed by atoms with Gasteiger partial charge >= 0.3 is 0 Å². The van der Waals surface area contributed by atoms with E-state index in [0.717, 1.165) is 36.4 Å². The Morgan fingerprint density at radius 2 is 1.88 bits per heavy atom. The highest BCUT2D eigenvalue weighted by atomic mass is 32.1. The molecule has 4 rings (SSSR count). The van der Waals surface area contributed by atoms with Gasteiger partial charge in [-0.1, -0.05) is 24.3 Å². The van der Waals surface area contributed by atoms with E-state index >= 15 is 0 Å². The van der Waals surface area contributed by atoms with Crippen molar-refractivity contribution in [3.05, 3.63) is 57.8 Å². The van der Waals surface area contributed by atoms with Crippen molar-refractivity contribution in [2.45, 2.75) is 24.8 Å². The lowest BCUT2D eigenvalue weighted by molar-refractivity contribution is -0.133. The molecule has 24 heavy (non-hydrogen) atoms. The van der Waals surface area contributed by atoms with Crippen LogP contribution in [-0.4, -0.2) is 34.8 Å². The molecule has 2 aliphatic heterocycles. The van der Waals surface area contributed by atoms with Crippen LogP contribution >= 0.6 is 11.3 Å². The van der Waals surface area contributed by atoms with Crippen LogP contribution in [0, 0.1) is 0 Å². The minimum atomic E-state index is -0.444. The molecule has 0 unspecified atom stereocenters. The van der Waals surface area contributed by atoms with Crippen LogP contribution in [-0.2, 0) is 4.79 Å². The Kier molecular flexibility index (Phi) is 3.86. The second-order valence-corrected chi connectivity index (χ2v) is 7.25. The minimum absolute atomic E-state index is 0.0706. The molecule has 0 radical (unpaired) electrons. The quantitative estimate of drug-likeness (QED) is 0.674. The maximum absolute atomic E-state index is 13.3. The number of hydrogen-bond acceptors (Lipinski definition) is 4. The second-order valence-electron chi connectivity index (χ2n) is 6.27. The van der Waals surface area contributed by atoms with Crippen molar-refractivity contribution in [2.24, 2.45) is 5.84 Å². The molecular formula is C18H19N3O2S. The first-order valence-corrected chi connectivity index (χ1v) is 9.06. The van der Waals surface area contributed by atoms with E-state index in [-0.39, 0.29) is 11.8 Å². The Balaban J connectivity index is 1.85. The lowest BCUT2D eigenvalue weighted by atomic mass is 9.82. The number of likely N-dealkylation sites (tertiary alicyclic amines) is 1. The van der Waals surface area contributed by atoms with Crippen LogP contribution in [0.25, 0.3) is 0 Å². The number of hydrazine groups is 1. The van der Waals surface area contributed by atoms with Gasteiger partial charge in [0.25, 0.3) is 5.91 Å². The number of amides is 2. The number of fused-ring (bicyclic) bond motifs is 1. The molecule has 5 nitrogen and oxygen atoms in total. The summed E-state index contributed by atoms with van der Waals surface area (Å²) in [6.07, 6.45) is 2.07. The van der Waals surface area contributed by atoms with E-state index in [1.54, 1.807) is 6.07 Å². The van der Waals surface area contributed by atoms with Crippen LogP contribution < -0.4 is 5.84 Å². The van der Waals surface area contributed by atoms with Gasteiger partial charge in [0, 0.05) is 23.5 Å². The minimum Gasteiger partial charge on any atom is -0.342 e. The number of hydrogen-bond donors (Lipinski definition) is 1. The summed E-state index contributed by atoms with van der Waals surface area (Å²) in [6, 6.07) is 10.8. The van der Waals surface area contributed by atoms with Crippen LogP contribution in [0.5, 0.6) is 0 Å². The average Bonchev–Trinajstić information content (AvgIpc) is 3.30. The molecule has 1 aromatic heterocycles. The normalized spacial score (nSPS) is 23.5. The molecule has 2 amide bonds. The van der Waals surface area contributed by atoms with E-state index in [1.807, 2.05) is 40.6 Å². The van der Waals surface area contributed by atoms with Gasteiger partial charge in [-0.2, -0.15) is 0 Å². The molecule has 1 saturated heterocycles. The summed E-state index contributed by atoms with van der Waals surface area (Å²) in [4.78, 5) is 28.8. The summed E-state index contributed by atoms with van der Waals surface area (Å²) in [5.74, 6) is 5.57. The van der Waals surface area contributed by atoms with Crippen molar-refractivity contribution < 1.29 is 9.59 Å². The molecule has 2 N–H and O–H groups in total. The lowest BCUT2D eigenvalue weighted by Crippen LogP contribution is -2.50. The molecule has 1 fully saturated rings. The topological polar surface area (TPSA) is 66.6 Å². The van der Waals surface area contributed by atoms with Crippen LogP contribution in [0.2, 0.25) is 0 Å². The number of carbonyl (C=O) groups excluding carboxylic acids is 2. The zero-order chi connectivity index (χ0) is 16.7. The molecule has 2 aromatic rings. The van der Waals surface area contributed by atoms with Gasteiger partial charge in [-0.25, -0.2) is 5.84 Å². The predicted octanol–water partition coefficient (Wildman–Crippen LogP) is 2.52. The van der Waals surface area contributed by atoms with Gasteiger partial charge in [-0.15, -0.1) is 11.3 Å². The first-order valence-electron chi connectivity index (χ1n) is 8.18. The van der Waals surface area contributed by atoms with Crippen LogP contribution in [0.3, 0.4) is 0 Å².